The van der Waals surface area contributed by atoms with Crippen molar-refractivity contribution in [2.75, 3.05) is 13.2 Å². The van der Waals surface area contributed by atoms with Crippen molar-refractivity contribution < 1.29 is 34.0 Å². The van der Waals surface area contributed by atoms with Crippen LogP contribution in [0, 0.1) is 0 Å². The smallest absolute Gasteiger partial charge is 0.396 e. The number of aliphatic hydroxyl groups excluding tert-OH is 2. The highest BCUT2D eigenvalue weighted by molar-refractivity contribution is 5.79. The Morgan fingerprint density at radius 2 is 1.04 bits per heavy atom. The van der Waals surface area contributed by atoms with Gasteiger partial charge in [0.1, 0.15) is 11.5 Å². The molecule has 0 spiro atoms. The SMILES string of the molecule is O=C(OC(=O)Oc1ccccc1)Oc1ccccc1.OCCCCO. The van der Waals surface area contributed by atoms with E-state index in [1.165, 1.54) is 0 Å². The summed E-state index contributed by atoms with van der Waals surface area (Å²) in [6.07, 6.45) is -0.855. The van der Waals surface area contributed by atoms with Gasteiger partial charge in [0, 0.05) is 13.2 Å². The average molecular weight is 348 g/mol. The Balaban J connectivity index is 0.000000450. The van der Waals surface area contributed by atoms with E-state index in [9.17, 15) is 9.59 Å². The van der Waals surface area contributed by atoms with Crippen molar-refractivity contribution in [2.24, 2.45) is 0 Å². The van der Waals surface area contributed by atoms with Crippen molar-refractivity contribution in [3.63, 3.8) is 0 Å². The molecule has 7 heteroatoms. The fourth-order valence-corrected chi connectivity index (χ4v) is 1.50. The number of ether oxygens (including phenoxy) is 3. The zero-order valence-electron chi connectivity index (χ0n) is 13.5. The van der Waals surface area contributed by atoms with Crippen LogP contribution in [0.2, 0.25) is 0 Å². The highest BCUT2D eigenvalue weighted by Gasteiger charge is 2.14. The van der Waals surface area contributed by atoms with Crippen LogP contribution in [-0.4, -0.2) is 35.7 Å². The van der Waals surface area contributed by atoms with E-state index in [0.29, 0.717) is 0 Å². The summed E-state index contributed by atoms with van der Waals surface area (Å²) in [4.78, 5) is 22.5. The van der Waals surface area contributed by atoms with Crippen LogP contribution in [0.25, 0.3) is 0 Å². The summed E-state index contributed by atoms with van der Waals surface area (Å²) >= 11 is 0. The van der Waals surface area contributed by atoms with E-state index >= 15 is 0 Å². The topological polar surface area (TPSA) is 102 Å². The molecule has 0 aliphatic heterocycles. The molecule has 0 aromatic heterocycles. The van der Waals surface area contributed by atoms with Crippen molar-refractivity contribution in [1.82, 2.24) is 0 Å². The highest BCUT2D eigenvalue weighted by Crippen LogP contribution is 2.11. The molecule has 0 aliphatic carbocycles. The summed E-state index contributed by atoms with van der Waals surface area (Å²) in [5.41, 5.74) is 0. The molecule has 134 valence electrons. The molecule has 0 unspecified atom stereocenters. The monoisotopic (exact) mass is 348 g/mol. The van der Waals surface area contributed by atoms with E-state index < -0.39 is 12.3 Å². The molecule has 0 saturated heterocycles. The van der Waals surface area contributed by atoms with Gasteiger partial charge in [0.25, 0.3) is 0 Å². The zero-order valence-corrected chi connectivity index (χ0v) is 13.5. The number of rotatable bonds is 5. The maximum Gasteiger partial charge on any atom is 0.524 e. The van der Waals surface area contributed by atoms with Gasteiger partial charge < -0.3 is 24.4 Å². The first-order valence-electron chi connectivity index (χ1n) is 7.59. The number of hydrogen-bond donors (Lipinski definition) is 2. The highest BCUT2D eigenvalue weighted by atomic mass is 16.8. The Hall–Kier alpha value is -2.90. The van der Waals surface area contributed by atoms with Crippen LogP contribution in [0.3, 0.4) is 0 Å². The van der Waals surface area contributed by atoms with Crippen LogP contribution in [0.15, 0.2) is 60.7 Å². The summed E-state index contributed by atoms with van der Waals surface area (Å²) in [7, 11) is 0. The van der Waals surface area contributed by atoms with E-state index in [1.807, 2.05) is 0 Å². The number of aliphatic hydroxyl groups is 2. The van der Waals surface area contributed by atoms with Gasteiger partial charge >= 0.3 is 12.3 Å². The second-order valence-corrected chi connectivity index (χ2v) is 4.59. The number of para-hydroxylation sites is 2. The first-order valence-corrected chi connectivity index (χ1v) is 7.59. The minimum absolute atomic E-state index is 0.195. The third kappa shape index (κ3) is 9.75. The standard InChI is InChI=1S/C14H10O5.C4H10O2/c15-13(17-11-7-3-1-4-8-11)19-14(16)18-12-9-5-2-6-10-12;5-3-1-2-4-6/h1-10H;5-6H,1-4H2. The molecule has 7 nitrogen and oxygen atoms in total. The predicted octanol–water partition coefficient (Wildman–Crippen LogP) is 3.15. The van der Waals surface area contributed by atoms with Crippen molar-refractivity contribution in [3.8, 4) is 11.5 Å². The number of unbranched alkanes of at least 4 members (excludes halogenated alkanes) is 1. The summed E-state index contributed by atoms with van der Waals surface area (Å²) < 4.78 is 13.9. The molecular formula is C18H20O7. The Morgan fingerprint density at radius 1 is 0.680 bits per heavy atom. The summed E-state index contributed by atoms with van der Waals surface area (Å²) in [6.45, 7) is 0.390. The third-order valence-corrected chi connectivity index (χ3v) is 2.62. The van der Waals surface area contributed by atoms with Gasteiger partial charge in [-0.1, -0.05) is 36.4 Å². The lowest BCUT2D eigenvalue weighted by Crippen LogP contribution is -2.19. The summed E-state index contributed by atoms with van der Waals surface area (Å²) in [6, 6.07) is 16.5. The van der Waals surface area contributed by atoms with E-state index in [-0.39, 0.29) is 24.7 Å². The molecule has 25 heavy (non-hydrogen) atoms. The van der Waals surface area contributed by atoms with Crippen molar-refractivity contribution in [1.29, 1.82) is 0 Å². The maximum atomic E-state index is 11.3. The fraction of sp³-hybridized carbons (Fsp3) is 0.222. The minimum atomic E-state index is -1.15. The molecule has 2 N–H and O–H groups in total. The second-order valence-electron chi connectivity index (χ2n) is 4.59. The third-order valence-electron chi connectivity index (χ3n) is 2.62. The van der Waals surface area contributed by atoms with Crippen LogP contribution in [0.1, 0.15) is 12.8 Å². The van der Waals surface area contributed by atoms with Gasteiger partial charge in [0.15, 0.2) is 0 Å². The molecular weight excluding hydrogens is 328 g/mol. The fourth-order valence-electron chi connectivity index (χ4n) is 1.50. The quantitative estimate of drug-likeness (QED) is 0.370. The van der Waals surface area contributed by atoms with Crippen molar-refractivity contribution >= 4 is 12.3 Å². The van der Waals surface area contributed by atoms with Crippen LogP contribution < -0.4 is 9.47 Å². The van der Waals surface area contributed by atoms with Gasteiger partial charge in [0.2, 0.25) is 0 Å². The number of carbonyl (C=O) groups excluding carboxylic acids is 2. The Labute approximate surface area is 145 Å². The minimum Gasteiger partial charge on any atom is -0.396 e. The first kappa shape index (κ1) is 20.1. The first-order chi connectivity index (χ1) is 12.2. The van der Waals surface area contributed by atoms with Gasteiger partial charge in [-0.3, -0.25) is 0 Å². The summed E-state index contributed by atoms with van der Waals surface area (Å²) in [5, 5.41) is 16.2. The van der Waals surface area contributed by atoms with Crippen LogP contribution in [-0.2, 0) is 4.74 Å². The van der Waals surface area contributed by atoms with Crippen LogP contribution in [0.5, 0.6) is 11.5 Å². The normalized spacial score (nSPS) is 9.36. The lowest BCUT2D eigenvalue weighted by Gasteiger charge is -2.04. The van der Waals surface area contributed by atoms with Gasteiger partial charge in [-0.15, -0.1) is 0 Å². The average Bonchev–Trinajstić information content (AvgIpc) is 2.62. The van der Waals surface area contributed by atoms with Crippen LogP contribution >= 0.6 is 0 Å². The van der Waals surface area contributed by atoms with E-state index in [2.05, 4.69) is 4.74 Å². The van der Waals surface area contributed by atoms with Gasteiger partial charge in [0.05, 0.1) is 0 Å². The molecule has 2 aromatic rings. The zero-order chi connectivity index (χ0) is 18.3. The lowest BCUT2D eigenvalue weighted by molar-refractivity contribution is 0.0896. The largest absolute Gasteiger partial charge is 0.524 e. The van der Waals surface area contributed by atoms with E-state index in [0.717, 1.165) is 12.8 Å². The van der Waals surface area contributed by atoms with E-state index in [1.54, 1.807) is 60.7 Å². The lowest BCUT2D eigenvalue weighted by atomic mass is 10.3. The molecule has 2 rings (SSSR count). The molecule has 0 radical (unpaired) electrons. The Kier molecular flexibility index (Phi) is 10.1. The number of benzene rings is 2. The van der Waals surface area contributed by atoms with Gasteiger partial charge in [-0.25, -0.2) is 9.59 Å². The second kappa shape index (κ2) is 12.5. The number of hydrogen-bond acceptors (Lipinski definition) is 7. The molecule has 0 fully saturated rings. The molecule has 2 aromatic carbocycles. The molecule has 0 heterocycles. The molecule has 0 atom stereocenters. The molecule has 0 aliphatic rings. The molecule has 0 bridgehead atoms. The van der Waals surface area contributed by atoms with Crippen LogP contribution in [0.4, 0.5) is 9.59 Å². The van der Waals surface area contributed by atoms with Crippen molar-refractivity contribution in [3.05, 3.63) is 60.7 Å². The maximum absolute atomic E-state index is 11.3. The van der Waals surface area contributed by atoms with Gasteiger partial charge in [-0.2, -0.15) is 0 Å². The number of carbonyl (C=O) groups is 2. The Bertz CT molecular complexity index is 558. The van der Waals surface area contributed by atoms with Crippen molar-refractivity contribution in [2.45, 2.75) is 12.8 Å². The van der Waals surface area contributed by atoms with Gasteiger partial charge in [-0.05, 0) is 37.1 Å². The molecule has 0 saturated carbocycles. The predicted molar refractivity (Wildman–Crippen MR) is 89.4 cm³/mol. The van der Waals surface area contributed by atoms with E-state index in [4.69, 9.17) is 19.7 Å². The molecule has 0 amide bonds. The Morgan fingerprint density at radius 3 is 1.36 bits per heavy atom. The summed E-state index contributed by atoms with van der Waals surface area (Å²) in [5.74, 6) is 0.556.